The van der Waals surface area contributed by atoms with Gasteiger partial charge in [0.15, 0.2) is 5.96 Å². The molecule has 3 unspecified atom stereocenters. The molecule has 3 saturated heterocycles. The van der Waals surface area contributed by atoms with E-state index in [2.05, 4.69) is 23.6 Å². The molecular weight excluding hydrogens is 397 g/mol. The predicted molar refractivity (Wildman–Crippen MR) is 114 cm³/mol. The summed E-state index contributed by atoms with van der Waals surface area (Å²) in [7, 11) is 0. The van der Waals surface area contributed by atoms with Crippen molar-refractivity contribution in [3.63, 3.8) is 0 Å². The third-order valence-corrected chi connectivity index (χ3v) is 6.81. The number of ether oxygens (including phenoxy) is 2. The van der Waals surface area contributed by atoms with Gasteiger partial charge in [-0.3, -0.25) is 4.99 Å². The molecule has 0 spiro atoms. The molecule has 154 valence electrons. The first kappa shape index (κ1) is 20.3. The summed E-state index contributed by atoms with van der Waals surface area (Å²) in [6.07, 6.45) is 5.93. The van der Waals surface area contributed by atoms with Crippen LogP contribution in [0.1, 0.15) is 44.6 Å². The Morgan fingerprint density at radius 3 is 2.71 bits per heavy atom. The van der Waals surface area contributed by atoms with E-state index in [-0.39, 0.29) is 5.41 Å². The average Bonchev–Trinajstić information content (AvgIpc) is 3.30. The number of fused-ring (bicyclic) bond motifs is 2. The molecule has 0 radical (unpaired) electrons. The Balaban J connectivity index is 1.54. The van der Waals surface area contributed by atoms with Crippen LogP contribution in [-0.2, 0) is 14.9 Å². The van der Waals surface area contributed by atoms with E-state index in [1.807, 2.05) is 12.1 Å². The van der Waals surface area contributed by atoms with Crippen LogP contribution in [-0.4, -0.2) is 50.5 Å². The van der Waals surface area contributed by atoms with E-state index in [1.165, 1.54) is 6.42 Å². The van der Waals surface area contributed by atoms with Gasteiger partial charge < -0.3 is 20.1 Å². The van der Waals surface area contributed by atoms with Crippen LogP contribution in [0.15, 0.2) is 23.2 Å². The van der Waals surface area contributed by atoms with Crippen molar-refractivity contribution in [2.75, 3.05) is 26.3 Å². The van der Waals surface area contributed by atoms with E-state index >= 15 is 0 Å². The number of hydrogen-bond donors (Lipinski definition) is 2. The number of nitrogens with one attached hydrogen (secondary N) is 2. The van der Waals surface area contributed by atoms with E-state index in [0.29, 0.717) is 34.8 Å². The Labute approximate surface area is 177 Å². The topological polar surface area (TPSA) is 54.9 Å². The highest BCUT2D eigenvalue weighted by Gasteiger charge is 2.41. The Bertz CT molecular complexity index is 722. The van der Waals surface area contributed by atoms with Crippen LogP contribution in [0.5, 0.6) is 0 Å². The second-order valence-electron chi connectivity index (χ2n) is 8.07. The lowest BCUT2D eigenvalue weighted by molar-refractivity contribution is 0.0531. The van der Waals surface area contributed by atoms with Crippen LogP contribution >= 0.6 is 23.2 Å². The summed E-state index contributed by atoms with van der Waals surface area (Å²) >= 11 is 12.7. The summed E-state index contributed by atoms with van der Waals surface area (Å²) in [5, 5.41) is 8.38. The summed E-state index contributed by atoms with van der Waals surface area (Å²) < 4.78 is 11.6. The first-order chi connectivity index (χ1) is 13.6. The van der Waals surface area contributed by atoms with Gasteiger partial charge in [-0.15, -0.1) is 0 Å². The number of benzene rings is 1. The number of aliphatic imine (C=N–C) groups is 1. The van der Waals surface area contributed by atoms with Crippen LogP contribution in [0.3, 0.4) is 0 Å². The van der Waals surface area contributed by atoms with Gasteiger partial charge >= 0.3 is 0 Å². The Hall–Kier alpha value is -1.01. The molecule has 3 fully saturated rings. The summed E-state index contributed by atoms with van der Waals surface area (Å²) in [6.45, 7) is 5.02. The average molecular weight is 426 g/mol. The maximum Gasteiger partial charge on any atom is 0.191 e. The van der Waals surface area contributed by atoms with Crippen LogP contribution in [0.25, 0.3) is 0 Å². The largest absolute Gasteiger partial charge is 0.381 e. The molecule has 0 amide bonds. The van der Waals surface area contributed by atoms with Crippen molar-refractivity contribution in [3.8, 4) is 0 Å². The number of rotatable bonds is 5. The Morgan fingerprint density at radius 2 is 2.07 bits per heavy atom. The van der Waals surface area contributed by atoms with Gasteiger partial charge in [0, 0.05) is 35.2 Å². The van der Waals surface area contributed by atoms with Gasteiger partial charge in [-0.1, -0.05) is 29.3 Å². The molecule has 3 aliphatic heterocycles. The summed E-state index contributed by atoms with van der Waals surface area (Å²) in [5.74, 6) is 0.861. The van der Waals surface area contributed by atoms with Gasteiger partial charge in [-0.2, -0.15) is 0 Å². The van der Waals surface area contributed by atoms with Gasteiger partial charge in [-0.25, -0.2) is 0 Å². The maximum absolute atomic E-state index is 6.59. The molecular formula is C21H29Cl2N3O2. The van der Waals surface area contributed by atoms with E-state index in [9.17, 15) is 0 Å². The van der Waals surface area contributed by atoms with Crippen molar-refractivity contribution in [1.82, 2.24) is 10.6 Å². The lowest BCUT2D eigenvalue weighted by Crippen LogP contribution is -2.48. The lowest BCUT2D eigenvalue weighted by atomic mass is 9.74. The Kier molecular flexibility index (Phi) is 6.36. The van der Waals surface area contributed by atoms with E-state index in [4.69, 9.17) is 37.7 Å². The van der Waals surface area contributed by atoms with Gasteiger partial charge in [0.25, 0.3) is 0 Å². The highest BCUT2D eigenvalue weighted by atomic mass is 35.5. The predicted octanol–water partition coefficient (Wildman–Crippen LogP) is 3.92. The lowest BCUT2D eigenvalue weighted by Gasteiger charge is -2.37. The highest BCUT2D eigenvalue weighted by molar-refractivity contribution is 6.35. The summed E-state index contributed by atoms with van der Waals surface area (Å²) in [6, 6.07) is 6.14. The third kappa shape index (κ3) is 4.28. The van der Waals surface area contributed by atoms with Gasteiger partial charge in [0.2, 0.25) is 0 Å². The number of hydrogen-bond acceptors (Lipinski definition) is 3. The zero-order valence-electron chi connectivity index (χ0n) is 16.3. The molecule has 4 rings (SSSR count). The summed E-state index contributed by atoms with van der Waals surface area (Å²) in [4.78, 5) is 4.99. The third-order valence-electron chi connectivity index (χ3n) is 6.26. The van der Waals surface area contributed by atoms with E-state index < -0.39 is 0 Å². The molecule has 0 aromatic heterocycles. The minimum absolute atomic E-state index is 0.131. The fourth-order valence-electron chi connectivity index (χ4n) is 4.71. The molecule has 7 heteroatoms. The molecule has 2 N–H and O–H groups in total. The second kappa shape index (κ2) is 8.78. The quantitative estimate of drug-likeness (QED) is 0.554. The zero-order chi connectivity index (χ0) is 19.6. The van der Waals surface area contributed by atoms with Crippen molar-refractivity contribution in [2.45, 2.75) is 62.7 Å². The maximum atomic E-state index is 6.59. The molecule has 1 aromatic rings. The van der Waals surface area contributed by atoms with Gasteiger partial charge in [-0.05, 0) is 56.7 Å². The van der Waals surface area contributed by atoms with Gasteiger partial charge in [0.05, 0.1) is 24.8 Å². The van der Waals surface area contributed by atoms with Crippen molar-refractivity contribution < 1.29 is 9.47 Å². The van der Waals surface area contributed by atoms with Crippen LogP contribution in [0.2, 0.25) is 10.0 Å². The number of halogens is 2. The second-order valence-corrected chi connectivity index (χ2v) is 8.92. The smallest absolute Gasteiger partial charge is 0.191 e. The molecule has 5 nitrogen and oxygen atoms in total. The monoisotopic (exact) mass is 425 g/mol. The number of nitrogens with zero attached hydrogens (tertiary/aromatic N) is 1. The van der Waals surface area contributed by atoms with Crippen LogP contribution in [0.4, 0.5) is 0 Å². The Morgan fingerprint density at radius 1 is 1.25 bits per heavy atom. The van der Waals surface area contributed by atoms with Crippen molar-refractivity contribution >= 4 is 29.2 Å². The molecule has 2 bridgehead atoms. The van der Waals surface area contributed by atoms with E-state index in [1.54, 1.807) is 0 Å². The fourth-order valence-corrected chi connectivity index (χ4v) is 5.32. The fraction of sp³-hybridized carbons (Fsp3) is 0.667. The highest BCUT2D eigenvalue weighted by Crippen LogP contribution is 2.40. The van der Waals surface area contributed by atoms with Crippen LogP contribution in [0, 0.1) is 0 Å². The number of guanidine groups is 1. The minimum Gasteiger partial charge on any atom is -0.381 e. The first-order valence-electron chi connectivity index (χ1n) is 10.3. The molecule has 0 saturated carbocycles. The standard InChI is InChI=1S/C21H29Cl2N3O2/c1-2-24-20(26-18-12-15-4-6-19(18)28-15)25-13-21(7-9-27-10-8-21)16-5-3-14(22)11-17(16)23/h3,5,11,15,18-19H,2,4,6-10,12-13H2,1H3,(H2,24,25,26). The minimum atomic E-state index is -0.131. The van der Waals surface area contributed by atoms with Crippen molar-refractivity contribution in [1.29, 1.82) is 0 Å². The van der Waals surface area contributed by atoms with Crippen molar-refractivity contribution in [2.24, 2.45) is 4.99 Å². The van der Waals surface area contributed by atoms with Crippen LogP contribution < -0.4 is 10.6 Å². The van der Waals surface area contributed by atoms with Crippen molar-refractivity contribution in [3.05, 3.63) is 33.8 Å². The molecule has 28 heavy (non-hydrogen) atoms. The molecule has 3 heterocycles. The normalized spacial score (nSPS) is 29.1. The molecule has 3 aliphatic rings. The SMILES string of the molecule is CCNC(=NCC1(c2ccc(Cl)cc2Cl)CCOCC1)NC1CC2CCC1O2. The summed E-state index contributed by atoms with van der Waals surface area (Å²) in [5.41, 5.74) is 0.984. The first-order valence-corrected chi connectivity index (χ1v) is 11.1. The molecule has 3 atom stereocenters. The zero-order valence-corrected chi connectivity index (χ0v) is 17.9. The molecule has 1 aromatic carbocycles. The van der Waals surface area contributed by atoms with Gasteiger partial charge in [0.1, 0.15) is 0 Å². The van der Waals surface area contributed by atoms with E-state index in [0.717, 1.165) is 57.0 Å². The molecule has 0 aliphatic carbocycles.